The average Bonchev–Trinajstić information content (AvgIpc) is 3.34. The number of para-hydroxylation sites is 1. The number of nitrogens with one attached hydrogen (secondary N) is 1. The highest BCUT2D eigenvalue weighted by Crippen LogP contribution is 2.38. The molecule has 138 valence electrons. The standard InChI is InChI=1S/C20H20N4OS2/c1-12(19-22-15-7-3-4-8-17(15)27-19)24(2)11-18(25)23-20-14(10-21)13-6-5-9-16(13)26-20/h3-4,7-8,12H,5-6,9,11H2,1-2H3,(H,23,25). The lowest BCUT2D eigenvalue weighted by molar-refractivity contribution is -0.117. The van der Waals surface area contributed by atoms with Crippen LogP contribution in [0.3, 0.4) is 0 Å². The number of nitriles is 1. The van der Waals surface area contributed by atoms with Crippen molar-refractivity contribution in [1.29, 1.82) is 5.26 Å². The maximum absolute atomic E-state index is 12.6. The fourth-order valence-electron chi connectivity index (χ4n) is 3.40. The number of thiophene rings is 1. The Morgan fingerprint density at radius 3 is 2.96 bits per heavy atom. The molecule has 4 rings (SSSR count). The number of rotatable bonds is 5. The Bertz CT molecular complexity index is 1010. The summed E-state index contributed by atoms with van der Waals surface area (Å²) in [5, 5.41) is 14.1. The number of anilines is 1. The van der Waals surface area contributed by atoms with E-state index in [1.807, 2.05) is 30.1 Å². The number of carbonyl (C=O) groups is 1. The molecule has 27 heavy (non-hydrogen) atoms. The zero-order valence-corrected chi connectivity index (χ0v) is 16.9. The Morgan fingerprint density at radius 2 is 2.19 bits per heavy atom. The van der Waals surface area contributed by atoms with Crippen LogP contribution in [0.15, 0.2) is 24.3 Å². The number of likely N-dealkylation sites (N-methyl/N-ethyl adjacent to an activating group) is 1. The zero-order valence-electron chi connectivity index (χ0n) is 15.3. The lowest BCUT2D eigenvalue weighted by Crippen LogP contribution is -2.32. The molecule has 7 heteroatoms. The van der Waals surface area contributed by atoms with Crippen molar-refractivity contribution in [3.63, 3.8) is 0 Å². The molecule has 0 saturated heterocycles. The number of fused-ring (bicyclic) bond motifs is 2. The lowest BCUT2D eigenvalue weighted by atomic mass is 10.1. The third-order valence-electron chi connectivity index (χ3n) is 5.01. The van der Waals surface area contributed by atoms with Gasteiger partial charge >= 0.3 is 0 Å². The summed E-state index contributed by atoms with van der Waals surface area (Å²) in [6.07, 6.45) is 3.06. The Labute approximate surface area is 166 Å². The molecule has 2 aromatic heterocycles. The molecule has 0 radical (unpaired) electrons. The number of hydrogen-bond donors (Lipinski definition) is 1. The SMILES string of the molecule is CC(c1nc2ccccc2s1)N(C)CC(=O)Nc1sc2c(c1C#N)CCC2. The van der Waals surface area contributed by atoms with Crippen molar-refractivity contribution in [1.82, 2.24) is 9.88 Å². The average molecular weight is 397 g/mol. The van der Waals surface area contributed by atoms with Crippen LogP contribution in [0.1, 0.15) is 40.4 Å². The normalized spacial score (nSPS) is 14.3. The fraction of sp³-hybridized carbons (Fsp3) is 0.350. The van der Waals surface area contributed by atoms with Gasteiger partial charge in [-0.15, -0.1) is 22.7 Å². The van der Waals surface area contributed by atoms with E-state index < -0.39 is 0 Å². The number of hydrogen-bond acceptors (Lipinski definition) is 6. The Balaban J connectivity index is 1.44. The van der Waals surface area contributed by atoms with Gasteiger partial charge in [-0.05, 0) is 50.9 Å². The predicted octanol–water partition coefficient (Wildman–Crippen LogP) is 4.35. The van der Waals surface area contributed by atoms with Crippen LogP contribution in [0.25, 0.3) is 10.2 Å². The summed E-state index contributed by atoms with van der Waals surface area (Å²) in [4.78, 5) is 20.5. The molecule has 3 aromatic rings. The first-order valence-electron chi connectivity index (χ1n) is 8.97. The molecule has 1 amide bonds. The molecule has 0 saturated carbocycles. The monoisotopic (exact) mass is 396 g/mol. The lowest BCUT2D eigenvalue weighted by Gasteiger charge is -2.22. The summed E-state index contributed by atoms with van der Waals surface area (Å²) in [6, 6.07) is 10.4. The summed E-state index contributed by atoms with van der Waals surface area (Å²) >= 11 is 3.21. The van der Waals surface area contributed by atoms with Crippen molar-refractivity contribution in [3.8, 4) is 6.07 Å². The summed E-state index contributed by atoms with van der Waals surface area (Å²) in [5.74, 6) is -0.0955. The first-order valence-corrected chi connectivity index (χ1v) is 10.6. The summed E-state index contributed by atoms with van der Waals surface area (Å²) in [5.41, 5.74) is 2.78. The van der Waals surface area contributed by atoms with Gasteiger partial charge in [0.05, 0.1) is 28.4 Å². The van der Waals surface area contributed by atoms with Crippen LogP contribution in [-0.4, -0.2) is 29.4 Å². The topological polar surface area (TPSA) is 69.0 Å². The molecule has 1 aliphatic rings. The molecule has 5 nitrogen and oxygen atoms in total. The van der Waals surface area contributed by atoms with E-state index in [4.69, 9.17) is 4.98 Å². The maximum atomic E-state index is 12.6. The van der Waals surface area contributed by atoms with Gasteiger partial charge in [0, 0.05) is 4.88 Å². The molecule has 0 aliphatic heterocycles. The maximum Gasteiger partial charge on any atom is 0.239 e. The first-order chi connectivity index (χ1) is 13.1. The van der Waals surface area contributed by atoms with Crippen molar-refractivity contribution in [2.75, 3.05) is 18.9 Å². The van der Waals surface area contributed by atoms with E-state index in [9.17, 15) is 10.1 Å². The molecular weight excluding hydrogens is 376 g/mol. The highest BCUT2D eigenvalue weighted by atomic mass is 32.1. The van der Waals surface area contributed by atoms with Gasteiger partial charge < -0.3 is 5.32 Å². The second-order valence-electron chi connectivity index (χ2n) is 6.83. The summed E-state index contributed by atoms with van der Waals surface area (Å²) in [6.45, 7) is 2.32. The molecule has 1 aliphatic carbocycles. The molecular formula is C20H20N4OS2. The van der Waals surface area contributed by atoms with Crippen LogP contribution < -0.4 is 5.32 Å². The van der Waals surface area contributed by atoms with E-state index in [1.165, 1.54) is 4.88 Å². The van der Waals surface area contributed by atoms with E-state index in [0.717, 1.165) is 40.1 Å². The van der Waals surface area contributed by atoms with Crippen LogP contribution in [0.4, 0.5) is 5.00 Å². The molecule has 1 atom stereocenters. The van der Waals surface area contributed by atoms with Gasteiger partial charge in [0.1, 0.15) is 16.1 Å². The minimum atomic E-state index is -0.0955. The van der Waals surface area contributed by atoms with Crippen LogP contribution in [0, 0.1) is 11.3 Å². The highest BCUT2D eigenvalue weighted by molar-refractivity contribution is 7.18. The van der Waals surface area contributed by atoms with Gasteiger partial charge in [-0.2, -0.15) is 5.26 Å². The first kappa shape index (κ1) is 18.1. The van der Waals surface area contributed by atoms with Crippen LogP contribution in [-0.2, 0) is 17.6 Å². The predicted molar refractivity (Wildman–Crippen MR) is 110 cm³/mol. The van der Waals surface area contributed by atoms with E-state index >= 15 is 0 Å². The highest BCUT2D eigenvalue weighted by Gasteiger charge is 2.24. The molecule has 2 heterocycles. The molecule has 0 fully saturated rings. The molecule has 1 unspecified atom stereocenters. The smallest absolute Gasteiger partial charge is 0.239 e. The zero-order chi connectivity index (χ0) is 19.0. The summed E-state index contributed by atoms with van der Waals surface area (Å²) < 4.78 is 1.16. The van der Waals surface area contributed by atoms with E-state index in [1.54, 1.807) is 22.7 Å². The van der Waals surface area contributed by atoms with E-state index in [-0.39, 0.29) is 18.5 Å². The van der Waals surface area contributed by atoms with Crippen molar-refractivity contribution in [2.45, 2.75) is 32.2 Å². The number of aromatic nitrogens is 1. The Morgan fingerprint density at radius 1 is 1.37 bits per heavy atom. The number of amides is 1. The molecule has 0 bridgehead atoms. The summed E-state index contributed by atoms with van der Waals surface area (Å²) in [7, 11) is 1.93. The van der Waals surface area contributed by atoms with E-state index in [0.29, 0.717) is 10.6 Å². The van der Waals surface area contributed by atoms with Gasteiger partial charge in [-0.25, -0.2) is 4.98 Å². The number of benzene rings is 1. The second kappa shape index (κ2) is 7.39. The second-order valence-corrected chi connectivity index (χ2v) is 9.00. The van der Waals surface area contributed by atoms with Crippen LogP contribution in [0.5, 0.6) is 0 Å². The minimum absolute atomic E-state index is 0.0388. The number of thiazole rings is 1. The van der Waals surface area contributed by atoms with Gasteiger partial charge in [-0.1, -0.05) is 12.1 Å². The molecule has 1 N–H and O–H groups in total. The third kappa shape index (κ3) is 3.48. The van der Waals surface area contributed by atoms with Crippen molar-refractivity contribution in [3.05, 3.63) is 45.3 Å². The molecule has 0 spiro atoms. The van der Waals surface area contributed by atoms with E-state index in [2.05, 4.69) is 24.4 Å². The number of carbonyl (C=O) groups excluding carboxylic acids is 1. The number of nitrogens with zero attached hydrogens (tertiary/aromatic N) is 3. The largest absolute Gasteiger partial charge is 0.315 e. The third-order valence-corrected chi connectivity index (χ3v) is 7.42. The molecule has 1 aromatic carbocycles. The minimum Gasteiger partial charge on any atom is -0.315 e. The van der Waals surface area contributed by atoms with Gasteiger partial charge in [0.15, 0.2) is 0 Å². The van der Waals surface area contributed by atoms with Crippen molar-refractivity contribution >= 4 is 43.8 Å². The number of aryl methyl sites for hydroxylation is 1. The van der Waals surface area contributed by atoms with Gasteiger partial charge in [0.25, 0.3) is 0 Å². The Kier molecular flexibility index (Phi) is 4.96. The van der Waals surface area contributed by atoms with Crippen LogP contribution in [0.2, 0.25) is 0 Å². The van der Waals surface area contributed by atoms with Crippen LogP contribution >= 0.6 is 22.7 Å². The van der Waals surface area contributed by atoms with Gasteiger partial charge in [0.2, 0.25) is 5.91 Å². The van der Waals surface area contributed by atoms with Crippen molar-refractivity contribution < 1.29 is 4.79 Å². The van der Waals surface area contributed by atoms with Gasteiger partial charge in [-0.3, -0.25) is 9.69 Å². The van der Waals surface area contributed by atoms with Crippen molar-refractivity contribution in [2.24, 2.45) is 0 Å². The quantitative estimate of drug-likeness (QED) is 0.696. The fourth-order valence-corrected chi connectivity index (χ4v) is 5.74. The Hall–Kier alpha value is -2.27.